The first kappa shape index (κ1) is 26.4. The quantitative estimate of drug-likeness (QED) is 0.448. The molecule has 3 rings (SSSR count). The summed E-state index contributed by atoms with van der Waals surface area (Å²) in [7, 11) is -2.22. The van der Waals surface area contributed by atoms with Crippen LogP contribution in [0.15, 0.2) is 84.9 Å². The van der Waals surface area contributed by atoms with Gasteiger partial charge in [0, 0.05) is 25.2 Å². The number of nitrogens with zero attached hydrogens (tertiary/aromatic N) is 2. The maximum atomic E-state index is 13.7. The van der Waals surface area contributed by atoms with Crippen LogP contribution in [0.1, 0.15) is 22.7 Å². The Morgan fingerprint density at radius 2 is 1.40 bits per heavy atom. The van der Waals surface area contributed by atoms with Gasteiger partial charge in [-0.05, 0) is 28.8 Å². The molecule has 0 saturated heterocycles. The van der Waals surface area contributed by atoms with Crippen molar-refractivity contribution in [2.24, 2.45) is 0 Å². The zero-order valence-corrected chi connectivity index (χ0v) is 21.2. The van der Waals surface area contributed by atoms with Crippen molar-refractivity contribution in [2.45, 2.75) is 19.1 Å². The maximum Gasteiger partial charge on any atom is 0.247 e. The third kappa shape index (κ3) is 7.39. The molecule has 3 aromatic rings. The summed E-state index contributed by atoms with van der Waals surface area (Å²) in [4.78, 5) is 28.1. The molecule has 2 amide bonds. The van der Waals surface area contributed by atoms with Crippen LogP contribution < -0.4 is 5.32 Å². The molecule has 0 aromatic heterocycles. The minimum absolute atomic E-state index is 0.0379. The smallest absolute Gasteiger partial charge is 0.247 e. The van der Waals surface area contributed by atoms with Crippen LogP contribution in [0.5, 0.6) is 0 Å². The minimum atomic E-state index is -3.72. The second kappa shape index (κ2) is 12.0. The molecule has 0 spiro atoms. The number of nitrogens with one attached hydrogen (secondary N) is 1. The highest BCUT2D eigenvalue weighted by molar-refractivity contribution is 7.88. The lowest BCUT2D eigenvalue weighted by atomic mass is 10.0. The summed E-state index contributed by atoms with van der Waals surface area (Å²) in [6.45, 7) is -0.288. The standard InChI is InChI=1S/C26H28ClN3O4S/c1-28-26(32)25(22-11-7-4-8-12-22)30(18-21-13-15-23(27)16-14-21)24(31)19-29(35(2,33)34)17-20-9-5-3-6-10-20/h3-16,25H,17-19H2,1-2H3,(H,28,32). The summed E-state index contributed by atoms with van der Waals surface area (Å²) >= 11 is 6.02. The lowest BCUT2D eigenvalue weighted by Crippen LogP contribution is -2.47. The van der Waals surface area contributed by atoms with Gasteiger partial charge in [-0.1, -0.05) is 84.4 Å². The maximum absolute atomic E-state index is 13.7. The van der Waals surface area contributed by atoms with Crippen molar-refractivity contribution < 1.29 is 18.0 Å². The fourth-order valence-corrected chi connectivity index (χ4v) is 4.53. The lowest BCUT2D eigenvalue weighted by molar-refractivity contribution is -0.141. The summed E-state index contributed by atoms with van der Waals surface area (Å²) in [6.07, 6.45) is 1.07. The van der Waals surface area contributed by atoms with E-state index in [1.165, 1.54) is 11.9 Å². The number of benzene rings is 3. The fraction of sp³-hybridized carbons (Fsp3) is 0.231. The van der Waals surface area contributed by atoms with Crippen molar-refractivity contribution in [3.05, 3.63) is 107 Å². The molecule has 0 bridgehead atoms. The molecule has 0 fully saturated rings. The van der Waals surface area contributed by atoms with Gasteiger partial charge in [0.15, 0.2) is 0 Å². The van der Waals surface area contributed by atoms with Gasteiger partial charge >= 0.3 is 0 Å². The molecule has 0 saturated carbocycles. The van der Waals surface area contributed by atoms with Crippen molar-refractivity contribution in [3.8, 4) is 0 Å². The Kier molecular flexibility index (Phi) is 9.03. The van der Waals surface area contributed by atoms with Gasteiger partial charge in [0.05, 0.1) is 12.8 Å². The van der Waals surface area contributed by atoms with Gasteiger partial charge in [0.25, 0.3) is 0 Å². The van der Waals surface area contributed by atoms with E-state index in [0.717, 1.165) is 21.7 Å². The molecular formula is C26H28ClN3O4S. The van der Waals surface area contributed by atoms with Crippen molar-refractivity contribution in [2.75, 3.05) is 19.8 Å². The number of carbonyl (C=O) groups excluding carboxylic acids is 2. The second-order valence-corrected chi connectivity index (χ2v) is 10.5. The van der Waals surface area contributed by atoms with Crippen LogP contribution in [0.2, 0.25) is 5.02 Å². The summed E-state index contributed by atoms with van der Waals surface area (Å²) < 4.78 is 26.3. The Morgan fingerprint density at radius 3 is 1.94 bits per heavy atom. The Balaban J connectivity index is 1.99. The summed E-state index contributed by atoms with van der Waals surface area (Å²) in [6, 6.07) is 24.0. The van der Waals surface area contributed by atoms with Gasteiger partial charge in [0.1, 0.15) is 6.04 Å². The summed E-state index contributed by atoms with van der Waals surface area (Å²) in [5.74, 6) is -0.883. The Labute approximate surface area is 211 Å². The Morgan fingerprint density at radius 1 is 0.857 bits per heavy atom. The van der Waals surface area contributed by atoms with E-state index in [4.69, 9.17) is 11.6 Å². The number of carbonyl (C=O) groups is 2. The van der Waals surface area contributed by atoms with Gasteiger partial charge in [-0.15, -0.1) is 0 Å². The average Bonchev–Trinajstić information content (AvgIpc) is 2.85. The van der Waals surface area contributed by atoms with Crippen molar-refractivity contribution >= 4 is 33.4 Å². The number of likely N-dealkylation sites (N-methyl/N-ethyl adjacent to an activating group) is 1. The molecular weight excluding hydrogens is 486 g/mol. The summed E-state index contributed by atoms with van der Waals surface area (Å²) in [5.41, 5.74) is 2.12. The first-order valence-corrected chi connectivity index (χ1v) is 13.2. The molecule has 7 nitrogen and oxygen atoms in total. The van der Waals surface area contributed by atoms with Gasteiger partial charge < -0.3 is 10.2 Å². The highest BCUT2D eigenvalue weighted by Gasteiger charge is 2.33. The van der Waals surface area contributed by atoms with Crippen LogP contribution in [-0.2, 0) is 32.7 Å². The molecule has 3 aromatic carbocycles. The molecule has 0 aliphatic rings. The SMILES string of the molecule is CNC(=O)C(c1ccccc1)N(Cc1ccc(Cl)cc1)C(=O)CN(Cc1ccccc1)S(C)(=O)=O. The van der Waals surface area contributed by atoms with Crippen LogP contribution in [0, 0.1) is 0 Å². The number of amides is 2. The number of hydrogen-bond donors (Lipinski definition) is 1. The van der Waals surface area contributed by atoms with Gasteiger partial charge in [-0.2, -0.15) is 4.31 Å². The van der Waals surface area contributed by atoms with Crippen LogP contribution >= 0.6 is 11.6 Å². The molecule has 1 N–H and O–H groups in total. The Hall–Kier alpha value is -3.20. The monoisotopic (exact) mass is 513 g/mol. The van der Waals surface area contributed by atoms with Crippen molar-refractivity contribution in [1.82, 2.24) is 14.5 Å². The summed E-state index contributed by atoms with van der Waals surface area (Å²) in [5, 5.41) is 3.18. The number of hydrogen-bond acceptors (Lipinski definition) is 4. The van der Waals surface area contributed by atoms with E-state index >= 15 is 0 Å². The van der Waals surface area contributed by atoms with E-state index in [-0.39, 0.29) is 19.0 Å². The predicted octanol–water partition coefficient (Wildman–Crippen LogP) is 3.62. The first-order chi connectivity index (χ1) is 16.7. The predicted molar refractivity (Wildman–Crippen MR) is 137 cm³/mol. The zero-order valence-electron chi connectivity index (χ0n) is 19.6. The number of sulfonamides is 1. The van der Waals surface area contributed by atoms with Crippen LogP contribution in [0.4, 0.5) is 0 Å². The van der Waals surface area contributed by atoms with Crippen LogP contribution in [-0.4, -0.2) is 49.3 Å². The highest BCUT2D eigenvalue weighted by atomic mass is 35.5. The van der Waals surface area contributed by atoms with E-state index in [2.05, 4.69) is 5.32 Å². The largest absolute Gasteiger partial charge is 0.357 e. The minimum Gasteiger partial charge on any atom is -0.357 e. The lowest BCUT2D eigenvalue weighted by Gasteiger charge is -2.33. The average molecular weight is 514 g/mol. The third-order valence-corrected chi connectivity index (χ3v) is 6.94. The number of rotatable bonds is 10. The van der Waals surface area contributed by atoms with Crippen LogP contribution in [0.25, 0.3) is 0 Å². The van der Waals surface area contributed by atoms with E-state index < -0.39 is 28.5 Å². The topological polar surface area (TPSA) is 86.8 Å². The van der Waals surface area contributed by atoms with E-state index in [0.29, 0.717) is 10.6 Å². The molecule has 1 unspecified atom stereocenters. The first-order valence-electron chi connectivity index (χ1n) is 11.0. The zero-order chi connectivity index (χ0) is 25.4. The third-order valence-electron chi connectivity index (χ3n) is 5.49. The number of halogens is 1. The molecule has 9 heteroatoms. The highest BCUT2D eigenvalue weighted by Crippen LogP contribution is 2.25. The second-order valence-electron chi connectivity index (χ2n) is 8.09. The molecule has 1 atom stereocenters. The van der Waals surface area contributed by atoms with Crippen molar-refractivity contribution in [3.63, 3.8) is 0 Å². The molecule has 0 aliphatic carbocycles. The fourth-order valence-electron chi connectivity index (χ4n) is 3.67. The molecule has 35 heavy (non-hydrogen) atoms. The molecule has 0 aliphatic heterocycles. The Bertz CT molecular complexity index is 1240. The molecule has 0 heterocycles. The van der Waals surface area contributed by atoms with E-state index in [9.17, 15) is 18.0 Å². The molecule has 0 radical (unpaired) electrons. The van der Waals surface area contributed by atoms with E-state index in [1.54, 1.807) is 60.7 Å². The van der Waals surface area contributed by atoms with Gasteiger partial charge in [-0.3, -0.25) is 9.59 Å². The van der Waals surface area contributed by atoms with Gasteiger partial charge in [0.2, 0.25) is 21.8 Å². The molecule has 184 valence electrons. The van der Waals surface area contributed by atoms with Crippen LogP contribution in [0.3, 0.4) is 0 Å². The van der Waals surface area contributed by atoms with Gasteiger partial charge in [-0.25, -0.2) is 8.42 Å². The van der Waals surface area contributed by atoms with E-state index in [1.807, 2.05) is 24.3 Å². The normalized spacial score (nSPS) is 12.2. The van der Waals surface area contributed by atoms with Crippen molar-refractivity contribution in [1.29, 1.82) is 0 Å².